The molecule has 0 aliphatic carbocycles. The molecule has 1 N–H and O–H groups in total. The molecule has 5 aromatic rings. The van der Waals surface area contributed by atoms with Gasteiger partial charge in [-0.15, -0.1) is 5.10 Å². The number of hydrogen-bond acceptors (Lipinski definition) is 10. The van der Waals surface area contributed by atoms with Crippen molar-refractivity contribution in [2.45, 2.75) is 58.7 Å². The first-order valence-corrected chi connectivity index (χ1v) is 16.3. The fourth-order valence-electron chi connectivity index (χ4n) is 6.79. The Balaban J connectivity index is 1.28. The van der Waals surface area contributed by atoms with E-state index in [1.165, 1.54) is 12.0 Å². The molecule has 2 fully saturated rings. The van der Waals surface area contributed by atoms with E-state index in [-0.39, 0.29) is 42.9 Å². The molecule has 0 saturated carbocycles. The number of nitrogens with one attached hydrogen (secondary N) is 1. The van der Waals surface area contributed by atoms with Crippen LogP contribution in [0.2, 0.25) is 0 Å². The molecule has 2 atom stereocenters. The molecule has 0 spiro atoms. The van der Waals surface area contributed by atoms with Crippen LogP contribution < -0.4 is 15.4 Å². The number of methoxy groups -OCH3 is 1. The molecule has 0 radical (unpaired) electrons. The molecule has 2 aromatic carbocycles. The lowest BCUT2D eigenvalue weighted by molar-refractivity contribution is -0.137. The monoisotopic (exact) mass is 719 g/mol. The highest BCUT2D eigenvalue weighted by Crippen LogP contribution is 2.41. The number of ether oxygens (including phenoxy) is 2. The van der Waals surface area contributed by atoms with Gasteiger partial charge >= 0.3 is 18.0 Å². The van der Waals surface area contributed by atoms with E-state index in [0.29, 0.717) is 33.5 Å². The van der Waals surface area contributed by atoms with Gasteiger partial charge in [-0.25, -0.2) is 34.0 Å². The third kappa shape index (κ3) is 6.44. The second-order valence-corrected chi connectivity index (χ2v) is 13.0. The molecule has 16 heteroatoms. The van der Waals surface area contributed by atoms with Crippen LogP contribution in [-0.2, 0) is 17.5 Å². The topological polar surface area (TPSA) is 140 Å². The van der Waals surface area contributed by atoms with Gasteiger partial charge in [-0.3, -0.25) is 4.90 Å². The molecule has 3 aromatic heterocycles. The number of alkyl halides is 4. The fourth-order valence-corrected chi connectivity index (χ4v) is 6.79. The third-order valence-corrected chi connectivity index (χ3v) is 9.28. The largest absolute Gasteiger partial charge is 0.481 e. The van der Waals surface area contributed by atoms with E-state index >= 15 is 0 Å². The number of halogens is 4. The number of aromatic nitrogens is 5. The average molecular weight is 720 g/mol. The molecule has 52 heavy (non-hydrogen) atoms. The Morgan fingerprint density at radius 2 is 1.69 bits per heavy atom. The Labute approximate surface area is 294 Å². The first-order valence-electron chi connectivity index (χ1n) is 16.3. The molecule has 2 aliphatic heterocycles. The van der Waals surface area contributed by atoms with Gasteiger partial charge in [0.15, 0.2) is 0 Å². The van der Waals surface area contributed by atoms with Crippen molar-refractivity contribution < 1.29 is 36.2 Å². The predicted octanol–water partition coefficient (Wildman–Crippen LogP) is 6.74. The van der Waals surface area contributed by atoms with Crippen LogP contribution in [0.5, 0.6) is 5.88 Å². The number of H-pyrrole nitrogens is 1. The van der Waals surface area contributed by atoms with Gasteiger partial charge < -0.3 is 18.8 Å². The maximum atomic E-state index is 13.9. The lowest BCUT2D eigenvalue weighted by atomic mass is 9.92. The van der Waals surface area contributed by atoms with Gasteiger partial charge in [0.2, 0.25) is 17.7 Å². The van der Waals surface area contributed by atoms with E-state index in [2.05, 4.69) is 20.2 Å². The number of nitrogens with zero attached hydrogens (tertiary/aromatic N) is 6. The van der Waals surface area contributed by atoms with Gasteiger partial charge in [-0.2, -0.15) is 13.2 Å². The van der Waals surface area contributed by atoms with E-state index in [1.54, 1.807) is 37.2 Å². The number of carbonyl (C=O) groups excluding carboxylic acids is 1. The van der Waals surface area contributed by atoms with Crippen molar-refractivity contribution in [1.29, 1.82) is 0 Å². The van der Waals surface area contributed by atoms with Gasteiger partial charge in [0.1, 0.15) is 12.3 Å². The molecule has 1 amide bonds. The summed E-state index contributed by atoms with van der Waals surface area (Å²) in [5, 5.41) is 6.19. The van der Waals surface area contributed by atoms with E-state index in [0.717, 1.165) is 28.8 Å². The minimum Gasteiger partial charge on any atom is -0.481 e. The third-order valence-electron chi connectivity index (χ3n) is 9.28. The van der Waals surface area contributed by atoms with Crippen LogP contribution >= 0.6 is 0 Å². The van der Waals surface area contributed by atoms with Gasteiger partial charge in [-0.1, -0.05) is 11.6 Å². The van der Waals surface area contributed by atoms with Crippen LogP contribution in [-0.4, -0.2) is 68.6 Å². The summed E-state index contributed by atoms with van der Waals surface area (Å²) in [5.41, 5.74) is 4.96. The SMILES string of the molecule is COc1ncc(-c2c(C)cc(-c3n[nH]c(=O)o3)cc2C)cc1-c1cnc(N2CC(F)C2)nc1CN1C(=O)O[C@H](c2cc(C)cc(C(F)(F)F)c2)[C@@H]1C. The zero-order valence-electron chi connectivity index (χ0n) is 28.7. The van der Waals surface area contributed by atoms with E-state index in [9.17, 15) is 27.2 Å². The van der Waals surface area contributed by atoms with E-state index in [1.807, 2.05) is 32.0 Å². The van der Waals surface area contributed by atoms with E-state index in [4.69, 9.17) is 18.9 Å². The molecule has 5 heterocycles. The zero-order valence-corrected chi connectivity index (χ0v) is 28.7. The number of amides is 1. The summed E-state index contributed by atoms with van der Waals surface area (Å²) in [6, 6.07) is 8.46. The Bertz CT molecular complexity index is 2230. The van der Waals surface area contributed by atoms with Crippen LogP contribution in [0.25, 0.3) is 33.7 Å². The maximum absolute atomic E-state index is 13.9. The van der Waals surface area contributed by atoms with E-state index < -0.39 is 41.9 Å². The van der Waals surface area contributed by atoms with Crippen molar-refractivity contribution in [3.63, 3.8) is 0 Å². The van der Waals surface area contributed by atoms with Crippen molar-refractivity contribution >= 4 is 12.0 Å². The number of rotatable bonds is 8. The lowest BCUT2D eigenvalue weighted by Gasteiger charge is -2.34. The van der Waals surface area contributed by atoms with Crippen molar-refractivity contribution in [3.05, 3.63) is 92.9 Å². The molecule has 0 bridgehead atoms. The normalized spacial score (nSPS) is 17.8. The highest BCUT2D eigenvalue weighted by atomic mass is 19.4. The second kappa shape index (κ2) is 13.1. The summed E-state index contributed by atoms with van der Waals surface area (Å²) >= 11 is 0. The molecule has 12 nitrogen and oxygen atoms in total. The maximum Gasteiger partial charge on any atom is 0.434 e. The number of anilines is 1. The first kappa shape index (κ1) is 34.6. The standard InChI is InChI=1S/C36H33F4N7O5/c1-17-6-21(10-24(7-17)36(38,39)40)30-20(4)47(35(49)51-30)16-28-27(13-42-33(43-28)46-14-25(37)15-46)26-11-23(12-41-32(26)50-5)29-18(2)8-22(9-19(29)3)31-44-45-34(48)52-31/h6-13,20,25,30H,14-16H2,1-5H3,(H,45,48)/t20-,30-/m0/s1. The summed E-state index contributed by atoms with van der Waals surface area (Å²) in [7, 11) is 1.46. The van der Waals surface area contributed by atoms with Gasteiger partial charge in [0.25, 0.3) is 0 Å². The Morgan fingerprint density at radius 1 is 0.962 bits per heavy atom. The number of benzene rings is 2. The van der Waals surface area contributed by atoms with Crippen molar-refractivity contribution in [2.24, 2.45) is 0 Å². The number of pyridine rings is 1. The summed E-state index contributed by atoms with van der Waals surface area (Å²) < 4.78 is 71.4. The summed E-state index contributed by atoms with van der Waals surface area (Å²) in [4.78, 5) is 41.9. The molecule has 0 unspecified atom stereocenters. The van der Waals surface area contributed by atoms with Crippen LogP contribution in [0.4, 0.5) is 28.3 Å². The molecular formula is C36H33F4N7O5. The van der Waals surface area contributed by atoms with Crippen molar-refractivity contribution in [3.8, 4) is 39.6 Å². The van der Waals surface area contributed by atoms with Crippen LogP contribution in [0.15, 0.2) is 58.0 Å². The van der Waals surface area contributed by atoms with Gasteiger partial charge in [-0.05, 0) is 80.3 Å². The highest BCUT2D eigenvalue weighted by Gasteiger charge is 2.42. The number of aryl methyl sites for hydroxylation is 3. The lowest BCUT2D eigenvalue weighted by Crippen LogP contribution is -2.49. The van der Waals surface area contributed by atoms with Crippen LogP contribution in [0.1, 0.15) is 46.5 Å². The number of cyclic esters (lactones) is 1. The quantitative estimate of drug-likeness (QED) is 0.172. The Kier molecular flexibility index (Phi) is 8.71. The van der Waals surface area contributed by atoms with Gasteiger partial charge in [0, 0.05) is 34.6 Å². The van der Waals surface area contributed by atoms with Crippen LogP contribution in [0, 0.1) is 20.8 Å². The van der Waals surface area contributed by atoms with Crippen molar-refractivity contribution in [1.82, 2.24) is 30.0 Å². The molecule has 7 rings (SSSR count). The second-order valence-electron chi connectivity index (χ2n) is 13.0. The molecule has 2 saturated heterocycles. The minimum absolute atomic E-state index is 0.106. The highest BCUT2D eigenvalue weighted by molar-refractivity contribution is 5.81. The molecule has 270 valence electrons. The Morgan fingerprint density at radius 3 is 2.33 bits per heavy atom. The summed E-state index contributed by atoms with van der Waals surface area (Å²) in [6.07, 6.45) is -4.10. The Hall–Kier alpha value is -5.80. The molecular weight excluding hydrogens is 686 g/mol. The van der Waals surface area contributed by atoms with Gasteiger partial charge in [0.05, 0.1) is 44.0 Å². The first-order chi connectivity index (χ1) is 24.7. The summed E-state index contributed by atoms with van der Waals surface area (Å²) in [6.45, 7) is 7.15. The van der Waals surface area contributed by atoms with Crippen molar-refractivity contribution in [2.75, 3.05) is 25.1 Å². The minimum atomic E-state index is -4.58. The van der Waals surface area contributed by atoms with Crippen LogP contribution in [0.3, 0.4) is 0 Å². The average Bonchev–Trinajstić information content (AvgIpc) is 3.64. The summed E-state index contributed by atoms with van der Waals surface area (Å²) in [5.74, 6) is -0.0135. The fraction of sp³-hybridized carbons (Fsp3) is 0.333. The number of aromatic amines is 1. The smallest absolute Gasteiger partial charge is 0.434 e. The zero-order chi connectivity index (χ0) is 37.1. The predicted molar refractivity (Wildman–Crippen MR) is 180 cm³/mol. The number of carbonyl (C=O) groups is 1. The molecule has 2 aliphatic rings. The number of hydrogen-bond donors (Lipinski definition) is 1.